The number of benzene rings is 1. The molecule has 0 unspecified atom stereocenters. The zero-order chi connectivity index (χ0) is 17.3. The second-order valence-corrected chi connectivity index (χ2v) is 8.07. The number of ether oxygens (including phenoxy) is 1. The van der Waals surface area contributed by atoms with E-state index in [0.29, 0.717) is 45.8 Å². The van der Waals surface area contributed by atoms with Crippen molar-refractivity contribution in [1.29, 1.82) is 0 Å². The van der Waals surface area contributed by atoms with Crippen LogP contribution in [0.5, 0.6) is 0 Å². The number of morpholine rings is 1. The highest BCUT2D eigenvalue weighted by atomic mass is 32.2. The summed E-state index contributed by atoms with van der Waals surface area (Å²) in [5.74, 6) is -0.331. The lowest BCUT2D eigenvalue weighted by Crippen LogP contribution is -2.42. The molecule has 132 valence electrons. The van der Waals surface area contributed by atoms with E-state index in [4.69, 9.17) is 4.74 Å². The Hall–Kier alpha value is -1.48. The average molecular weight is 354 g/mol. The maximum Gasteiger partial charge on any atom is 0.251 e. The van der Waals surface area contributed by atoms with Gasteiger partial charge in [-0.25, -0.2) is 8.42 Å². The predicted molar refractivity (Wildman–Crippen MR) is 86.8 cm³/mol. The number of carbonyl (C=O) groups excluding carboxylic acids is 1. The number of carbonyl (C=O) groups is 1. The minimum atomic E-state index is -3.55. The number of nitrogens with zero attached hydrogens (tertiary/aromatic N) is 2. The Bertz CT molecular complexity index is 726. The van der Waals surface area contributed by atoms with E-state index in [1.165, 1.54) is 11.2 Å². The minimum Gasteiger partial charge on any atom is -0.384 e. The first kappa shape index (κ1) is 17.3. The Morgan fingerprint density at radius 3 is 2.58 bits per heavy atom. The van der Waals surface area contributed by atoms with Crippen LogP contribution in [-0.2, 0) is 32.5 Å². The molecule has 1 fully saturated rings. The number of aliphatic hydroxyl groups is 1. The lowest BCUT2D eigenvalue weighted by molar-refractivity contribution is -0.140. The molecule has 1 aromatic rings. The van der Waals surface area contributed by atoms with Crippen LogP contribution >= 0.6 is 0 Å². The van der Waals surface area contributed by atoms with Gasteiger partial charge in [0.25, 0.3) is 5.91 Å². The Balaban J connectivity index is 1.86. The van der Waals surface area contributed by atoms with E-state index in [0.717, 1.165) is 11.1 Å². The van der Waals surface area contributed by atoms with Crippen molar-refractivity contribution in [1.82, 2.24) is 9.21 Å². The SMILES string of the molecule is C[C@H](O)C(=O)N1CCc2ccc(S(=O)(=O)N3CCOCC3)cc2C1. The molecule has 1 N–H and O–H groups in total. The van der Waals surface area contributed by atoms with Gasteiger partial charge < -0.3 is 14.7 Å². The number of aliphatic hydroxyl groups excluding tert-OH is 1. The summed E-state index contributed by atoms with van der Waals surface area (Å²) in [7, 11) is -3.55. The van der Waals surface area contributed by atoms with Gasteiger partial charge in [-0.1, -0.05) is 6.07 Å². The molecule has 0 spiro atoms. The summed E-state index contributed by atoms with van der Waals surface area (Å²) >= 11 is 0. The Morgan fingerprint density at radius 1 is 1.21 bits per heavy atom. The summed E-state index contributed by atoms with van der Waals surface area (Å²) < 4.78 is 32.1. The zero-order valence-corrected chi connectivity index (χ0v) is 14.5. The van der Waals surface area contributed by atoms with Gasteiger partial charge in [-0.2, -0.15) is 4.31 Å². The largest absolute Gasteiger partial charge is 0.384 e. The number of amides is 1. The first-order valence-corrected chi connectivity index (χ1v) is 9.50. The van der Waals surface area contributed by atoms with Gasteiger partial charge in [0.1, 0.15) is 6.10 Å². The molecule has 2 aliphatic heterocycles. The normalized spacial score (nSPS) is 20.5. The van der Waals surface area contributed by atoms with Crippen LogP contribution < -0.4 is 0 Å². The third-order valence-corrected chi connectivity index (χ3v) is 6.36. The standard InChI is InChI=1S/C16H22N2O5S/c1-12(19)16(20)17-5-4-13-2-3-15(10-14(13)11-17)24(21,22)18-6-8-23-9-7-18/h2-3,10,12,19H,4-9,11H2,1H3/t12-/m0/s1. The molecule has 8 heteroatoms. The van der Waals surface area contributed by atoms with Crippen molar-refractivity contribution >= 4 is 15.9 Å². The summed E-state index contributed by atoms with van der Waals surface area (Å²) in [4.78, 5) is 13.8. The number of fused-ring (bicyclic) bond motifs is 1. The molecule has 7 nitrogen and oxygen atoms in total. The predicted octanol–water partition coefficient (Wildman–Crippen LogP) is -0.0270. The van der Waals surface area contributed by atoms with Gasteiger partial charge in [-0.05, 0) is 36.6 Å². The Morgan fingerprint density at radius 2 is 1.92 bits per heavy atom. The number of hydrogen-bond acceptors (Lipinski definition) is 5. The van der Waals surface area contributed by atoms with Crippen molar-refractivity contribution in [3.8, 4) is 0 Å². The van der Waals surface area contributed by atoms with Crippen LogP contribution in [0.3, 0.4) is 0 Å². The van der Waals surface area contributed by atoms with E-state index in [9.17, 15) is 18.3 Å². The monoisotopic (exact) mass is 354 g/mol. The molecule has 2 aliphatic rings. The first-order chi connectivity index (χ1) is 11.4. The summed E-state index contributed by atoms with van der Waals surface area (Å²) in [5, 5.41) is 9.47. The van der Waals surface area contributed by atoms with E-state index in [2.05, 4.69) is 0 Å². The molecular weight excluding hydrogens is 332 g/mol. The van der Waals surface area contributed by atoms with Crippen molar-refractivity contribution in [2.45, 2.75) is 30.9 Å². The molecule has 3 rings (SSSR count). The summed E-state index contributed by atoms with van der Waals surface area (Å²) in [6.45, 7) is 3.81. The molecule has 0 radical (unpaired) electrons. The summed E-state index contributed by atoms with van der Waals surface area (Å²) in [5.41, 5.74) is 1.87. The molecular formula is C16H22N2O5S. The van der Waals surface area contributed by atoms with Crippen LogP contribution in [0.25, 0.3) is 0 Å². The highest BCUT2D eigenvalue weighted by molar-refractivity contribution is 7.89. The number of sulfonamides is 1. The van der Waals surface area contributed by atoms with Gasteiger partial charge in [0.2, 0.25) is 10.0 Å². The molecule has 0 bridgehead atoms. The summed E-state index contributed by atoms with van der Waals surface area (Å²) in [6.07, 6.45) is -0.391. The highest BCUT2D eigenvalue weighted by Crippen LogP contribution is 2.25. The van der Waals surface area contributed by atoms with Gasteiger partial charge in [0.05, 0.1) is 18.1 Å². The average Bonchev–Trinajstić information content (AvgIpc) is 2.60. The van der Waals surface area contributed by atoms with Gasteiger partial charge in [-0.15, -0.1) is 0 Å². The third kappa shape index (κ3) is 3.32. The number of rotatable bonds is 3. The fourth-order valence-electron chi connectivity index (χ4n) is 3.08. The Labute approximate surface area is 141 Å². The van der Waals surface area contributed by atoms with Crippen molar-refractivity contribution in [2.24, 2.45) is 0 Å². The lowest BCUT2D eigenvalue weighted by atomic mass is 9.99. The minimum absolute atomic E-state index is 0.245. The van der Waals surface area contributed by atoms with Crippen molar-refractivity contribution in [3.05, 3.63) is 29.3 Å². The van der Waals surface area contributed by atoms with Gasteiger partial charge >= 0.3 is 0 Å². The fraction of sp³-hybridized carbons (Fsp3) is 0.562. The molecule has 1 amide bonds. The maximum absolute atomic E-state index is 12.7. The van der Waals surface area contributed by atoms with Crippen molar-refractivity contribution < 1.29 is 23.1 Å². The molecule has 0 aromatic heterocycles. The molecule has 1 saturated heterocycles. The van der Waals surface area contributed by atoms with Crippen LogP contribution in [-0.4, -0.2) is 67.6 Å². The molecule has 0 saturated carbocycles. The van der Waals surface area contributed by atoms with E-state index in [1.807, 2.05) is 6.07 Å². The van der Waals surface area contributed by atoms with Crippen LogP contribution in [0.4, 0.5) is 0 Å². The molecule has 1 aromatic carbocycles. The fourth-order valence-corrected chi connectivity index (χ4v) is 4.54. The Kier molecular flexibility index (Phi) is 4.91. The van der Waals surface area contributed by atoms with Crippen LogP contribution in [0.15, 0.2) is 23.1 Å². The van der Waals surface area contributed by atoms with Gasteiger partial charge in [-0.3, -0.25) is 4.79 Å². The van der Waals surface area contributed by atoms with Gasteiger partial charge in [0.15, 0.2) is 0 Å². The van der Waals surface area contributed by atoms with E-state index >= 15 is 0 Å². The smallest absolute Gasteiger partial charge is 0.251 e. The van der Waals surface area contributed by atoms with Crippen LogP contribution in [0.2, 0.25) is 0 Å². The number of hydrogen-bond donors (Lipinski definition) is 1. The lowest BCUT2D eigenvalue weighted by Gasteiger charge is -2.31. The first-order valence-electron chi connectivity index (χ1n) is 8.06. The zero-order valence-electron chi connectivity index (χ0n) is 13.6. The third-order valence-electron chi connectivity index (χ3n) is 4.47. The van der Waals surface area contributed by atoms with E-state index in [1.54, 1.807) is 17.0 Å². The van der Waals surface area contributed by atoms with E-state index < -0.39 is 16.1 Å². The summed E-state index contributed by atoms with van der Waals surface area (Å²) in [6, 6.07) is 5.12. The quantitative estimate of drug-likeness (QED) is 0.824. The van der Waals surface area contributed by atoms with Gasteiger partial charge in [0, 0.05) is 26.2 Å². The van der Waals surface area contributed by atoms with Crippen molar-refractivity contribution in [2.75, 3.05) is 32.8 Å². The maximum atomic E-state index is 12.7. The van der Waals surface area contributed by atoms with E-state index in [-0.39, 0.29) is 10.8 Å². The second-order valence-electron chi connectivity index (χ2n) is 6.13. The van der Waals surface area contributed by atoms with Crippen molar-refractivity contribution in [3.63, 3.8) is 0 Å². The van der Waals surface area contributed by atoms with Crippen LogP contribution in [0.1, 0.15) is 18.1 Å². The van der Waals surface area contributed by atoms with Crippen LogP contribution in [0, 0.1) is 0 Å². The molecule has 1 atom stereocenters. The molecule has 2 heterocycles. The topological polar surface area (TPSA) is 87.2 Å². The molecule has 24 heavy (non-hydrogen) atoms. The second kappa shape index (κ2) is 6.79. The molecule has 0 aliphatic carbocycles. The highest BCUT2D eigenvalue weighted by Gasteiger charge is 2.29.